The summed E-state index contributed by atoms with van der Waals surface area (Å²) < 4.78 is 9.31. The summed E-state index contributed by atoms with van der Waals surface area (Å²) in [7, 11) is 1.62. The molecule has 1 saturated carbocycles. The zero-order chi connectivity index (χ0) is 20.1. The second-order valence-electron chi connectivity index (χ2n) is 7.14. The number of fused-ring (bicyclic) bond motifs is 1. The lowest BCUT2D eigenvalue weighted by molar-refractivity contribution is 0.233. The van der Waals surface area contributed by atoms with Crippen molar-refractivity contribution in [3.63, 3.8) is 0 Å². The lowest BCUT2D eigenvalue weighted by Crippen LogP contribution is -2.31. The number of aryl methyl sites for hydroxylation is 1. The van der Waals surface area contributed by atoms with Crippen molar-refractivity contribution in [3.05, 3.63) is 68.0 Å². The summed E-state index contributed by atoms with van der Waals surface area (Å²) in [4.78, 5) is 28.9. The number of aromatic nitrogens is 7. The molecule has 0 atom stereocenters. The number of benzene rings is 1. The van der Waals surface area contributed by atoms with E-state index in [1.165, 1.54) is 25.8 Å². The van der Waals surface area contributed by atoms with Gasteiger partial charge in [0, 0.05) is 12.1 Å². The highest BCUT2D eigenvalue weighted by molar-refractivity contribution is 6.30. The van der Waals surface area contributed by atoms with Crippen molar-refractivity contribution in [2.75, 3.05) is 0 Å². The van der Waals surface area contributed by atoms with E-state index in [1.807, 2.05) is 24.3 Å². The number of halogens is 1. The van der Waals surface area contributed by atoms with Crippen LogP contribution in [0.3, 0.4) is 0 Å². The molecule has 5 rings (SSSR count). The van der Waals surface area contributed by atoms with Crippen molar-refractivity contribution in [2.24, 2.45) is 7.05 Å². The molecule has 0 radical (unpaired) electrons. The van der Waals surface area contributed by atoms with Gasteiger partial charge in [0.15, 0.2) is 5.52 Å². The van der Waals surface area contributed by atoms with E-state index in [0.29, 0.717) is 10.9 Å². The molecule has 29 heavy (non-hydrogen) atoms. The van der Waals surface area contributed by atoms with Crippen LogP contribution in [-0.2, 0) is 13.6 Å². The van der Waals surface area contributed by atoms with E-state index in [9.17, 15) is 9.59 Å². The molecule has 4 aromatic rings. The average Bonchev–Trinajstić information content (AvgIpc) is 3.21. The quantitative estimate of drug-likeness (QED) is 0.498. The Morgan fingerprint density at radius 3 is 2.72 bits per heavy atom. The molecule has 1 aromatic carbocycles. The Balaban J connectivity index is 1.35. The van der Waals surface area contributed by atoms with Crippen molar-refractivity contribution in [1.29, 1.82) is 0 Å². The van der Waals surface area contributed by atoms with Crippen LogP contribution in [0.4, 0.5) is 0 Å². The maximum atomic E-state index is 12.6. The zero-order valence-corrected chi connectivity index (χ0v) is 16.2. The highest BCUT2D eigenvalue weighted by atomic mass is 35.5. The summed E-state index contributed by atoms with van der Waals surface area (Å²) in [5.41, 5.74) is 1.41. The minimum atomic E-state index is -0.524. The number of nitrogens with zero attached hydrogens (tertiary/aromatic N) is 7. The Kier molecular flexibility index (Phi) is 4.09. The van der Waals surface area contributed by atoms with Gasteiger partial charge >= 0.3 is 5.76 Å². The van der Waals surface area contributed by atoms with Gasteiger partial charge < -0.3 is 4.42 Å². The van der Waals surface area contributed by atoms with E-state index in [2.05, 4.69) is 20.4 Å². The third-order valence-electron chi connectivity index (χ3n) is 5.31. The molecule has 0 bridgehead atoms. The fraction of sp³-hybridized carbons (Fsp3) is 0.333. The second kappa shape index (κ2) is 6.66. The Hall–Kier alpha value is -3.27. The normalized spacial score (nSPS) is 18.8. The molecule has 0 saturated heterocycles. The van der Waals surface area contributed by atoms with E-state index in [4.69, 9.17) is 16.0 Å². The van der Waals surface area contributed by atoms with E-state index in [0.717, 1.165) is 12.8 Å². The zero-order valence-electron chi connectivity index (χ0n) is 15.4. The van der Waals surface area contributed by atoms with E-state index < -0.39 is 5.76 Å². The van der Waals surface area contributed by atoms with Gasteiger partial charge in [-0.3, -0.25) is 9.36 Å². The molecular weight excluding hydrogens is 398 g/mol. The topological polar surface area (TPSA) is 114 Å². The molecule has 0 amide bonds. The van der Waals surface area contributed by atoms with Gasteiger partial charge in [-0.15, -0.1) is 10.2 Å². The maximum Gasteiger partial charge on any atom is 0.437 e. The van der Waals surface area contributed by atoms with Gasteiger partial charge in [0.25, 0.3) is 5.56 Å². The van der Waals surface area contributed by atoms with Crippen LogP contribution in [0.2, 0.25) is 5.02 Å². The van der Waals surface area contributed by atoms with Gasteiger partial charge in [0.1, 0.15) is 12.9 Å². The first-order chi connectivity index (χ1) is 14.0. The van der Waals surface area contributed by atoms with Crippen LogP contribution >= 0.6 is 11.6 Å². The molecule has 3 aromatic heterocycles. The minimum absolute atomic E-state index is 0.00251. The molecule has 148 valence electrons. The lowest BCUT2D eigenvalue weighted by Gasteiger charge is -2.34. The Bertz CT molecular complexity index is 1310. The molecule has 1 aliphatic carbocycles. The number of hydrogen-bond acceptors (Lipinski definition) is 7. The van der Waals surface area contributed by atoms with Gasteiger partial charge in [0.05, 0.1) is 6.04 Å². The second-order valence-corrected chi connectivity index (χ2v) is 7.58. The van der Waals surface area contributed by atoms with Crippen LogP contribution < -0.4 is 11.3 Å². The summed E-state index contributed by atoms with van der Waals surface area (Å²) in [6.07, 6.45) is 2.93. The fourth-order valence-electron chi connectivity index (χ4n) is 3.66. The van der Waals surface area contributed by atoms with Crippen molar-refractivity contribution in [2.45, 2.75) is 31.3 Å². The molecule has 11 heteroatoms. The van der Waals surface area contributed by atoms with E-state index in [1.54, 1.807) is 7.05 Å². The number of hydrogen-bond donors (Lipinski definition) is 0. The largest absolute Gasteiger partial charge is 0.437 e. The minimum Gasteiger partial charge on any atom is -0.390 e. The van der Waals surface area contributed by atoms with Crippen LogP contribution in [0.15, 0.2) is 44.6 Å². The molecule has 0 N–H and O–H groups in total. The highest BCUT2D eigenvalue weighted by Crippen LogP contribution is 2.43. The number of rotatable bonds is 4. The van der Waals surface area contributed by atoms with Crippen molar-refractivity contribution in [3.8, 4) is 0 Å². The molecule has 1 aliphatic rings. The molecular formula is C18H16ClN7O3. The summed E-state index contributed by atoms with van der Waals surface area (Å²) >= 11 is 5.93. The van der Waals surface area contributed by atoms with Crippen LogP contribution in [-0.4, -0.2) is 34.3 Å². The third kappa shape index (κ3) is 3.05. The van der Waals surface area contributed by atoms with Crippen molar-refractivity contribution < 1.29 is 4.42 Å². The summed E-state index contributed by atoms with van der Waals surface area (Å²) in [5, 5.41) is 12.6. The average molecular weight is 414 g/mol. The third-order valence-corrected chi connectivity index (χ3v) is 5.56. The molecule has 3 heterocycles. The summed E-state index contributed by atoms with van der Waals surface area (Å²) in [5.74, 6) is -0.0111. The highest BCUT2D eigenvalue weighted by Gasteiger charge is 2.34. The summed E-state index contributed by atoms with van der Waals surface area (Å²) in [6.45, 7) is 0.00251. The molecule has 10 nitrogen and oxygen atoms in total. The van der Waals surface area contributed by atoms with Crippen molar-refractivity contribution >= 4 is 22.8 Å². The molecule has 0 spiro atoms. The monoisotopic (exact) mass is 413 g/mol. The predicted octanol–water partition coefficient (Wildman–Crippen LogP) is 1.50. The Labute approximate surface area is 168 Å². The maximum absolute atomic E-state index is 12.6. The van der Waals surface area contributed by atoms with E-state index in [-0.39, 0.29) is 35.2 Å². The molecule has 1 fully saturated rings. The standard InChI is InChI=1S/C18H16ClN7O3/c1-24-15-16(21-23-24)20-9-25(17(15)27)8-14-22-26(18(28)29-14)13-6-11(7-13)10-2-4-12(19)5-3-10/h2-5,9,11,13H,6-8H2,1H3/t11-,13-. The first kappa shape index (κ1) is 17.8. The first-order valence-corrected chi connectivity index (χ1v) is 9.46. The van der Waals surface area contributed by atoms with Crippen molar-refractivity contribution in [1.82, 2.24) is 34.3 Å². The van der Waals surface area contributed by atoms with Crippen LogP contribution in [0.25, 0.3) is 11.2 Å². The predicted molar refractivity (Wildman–Crippen MR) is 103 cm³/mol. The van der Waals surface area contributed by atoms with Gasteiger partial charge in [0.2, 0.25) is 11.5 Å². The van der Waals surface area contributed by atoms with Gasteiger partial charge in [-0.2, -0.15) is 4.68 Å². The Morgan fingerprint density at radius 1 is 1.21 bits per heavy atom. The van der Waals surface area contributed by atoms with Crippen LogP contribution in [0, 0.1) is 0 Å². The Morgan fingerprint density at radius 2 is 1.97 bits per heavy atom. The van der Waals surface area contributed by atoms with Crippen LogP contribution in [0.5, 0.6) is 0 Å². The van der Waals surface area contributed by atoms with Gasteiger partial charge in [-0.05, 0) is 36.5 Å². The lowest BCUT2D eigenvalue weighted by atomic mass is 9.76. The van der Waals surface area contributed by atoms with Gasteiger partial charge in [-0.25, -0.2) is 14.5 Å². The molecule has 0 aliphatic heterocycles. The van der Waals surface area contributed by atoms with E-state index >= 15 is 0 Å². The van der Waals surface area contributed by atoms with Crippen LogP contribution in [0.1, 0.15) is 36.3 Å². The first-order valence-electron chi connectivity index (χ1n) is 9.08. The van der Waals surface area contributed by atoms with Gasteiger partial charge in [-0.1, -0.05) is 28.9 Å². The summed E-state index contributed by atoms with van der Waals surface area (Å²) in [6, 6.07) is 7.71. The molecule has 0 unspecified atom stereocenters. The SMILES string of the molecule is Cn1nnc2ncn(Cc3nn([C@H]4C[C@H](c5ccc(Cl)cc5)C4)c(=O)o3)c(=O)c21. The smallest absolute Gasteiger partial charge is 0.390 e. The fourth-order valence-corrected chi connectivity index (χ4v) is 3.78.